The zero-order valence-electron chi connectivity index (χ0n) is 13.9. The Morgan fingerprint density at radius 2 is 1.74 bits per heavy atom. The number of alkyl halides is 3. The summed E-state index contributed by atoms with van der Waals surface area (Å²) >= 11 is 0. The largest absolute Gasteiger partial charge is 0.416 e. The average Bonchev–Trinajstić information content (AvgIpc) is 3.10. The summed E-state index contributed by atoms with van der Waals surface area (Å²) in [4.78, 5) is 4.12. The summed E-state index contributed by atoms with van der Waals surface area (Å²) in [6.45, 7) is 0. The number of nitrogens with zero attached hydrogens (tertiary/aromatic N) is 3. The van der Waals surface area contributed by atoms with Gasteiger partial charge in [-0.15, -0.1) is 0 Å². The Bertz CT molecular complexity index is 1180. The van der Waals surface area contributed by atoms with Crippen LogP contribution in [-0.4, -0.2) is 9.55 Å². The summed E-state index contributed by atoms with van der Waals surface area (Å²) < 4.78 is 40.4. The van der Waals surface area contributed by atoms with Crippen molar-refractivity contribution < 1.29 is 13.2 Å². The van der Waals surface area contributed by atoms with Crippen LogP contribution in [0, 0.1) is 11.3 Å². The lowest BCUT2D eigenvalue weighted by Gasteiger charge is -2.10. The van der Waals surface area contributed by atoms with E-state index in [9.17, 15) is 18.4 Å². The van der Waals surface area contributed by atoms with Crippen molar-refractivity contribution in [2.75, 3.05) is 0 Å². The summed E-state index contributed by atoms with van der Waals surface area (Å²) in [6.07, 6.45) is -2.90. The van der Waals surface area contributed by atoms with Crippen molar-refractivity contribution in [3.63, 3.8) is 0 Å². The second kappa shape index (κ2) is 6.29. The van der Waals surface area contributed by atoms with E-state index < -0.39 is 11.7 Å². The summed E-state index contributed by atoms with van der Waals surface area (Å²) in [5.74, 6) is 0. The lowest BCUT2D eigenvalue weighted by atomic mass is 10.00. The molecule has 6 heteroatoms. The van der Waals surface area contributed by atoms with E-state index >= 15 is 0 Å². The van der Waals surface area contributed by atoms with Crippen LogP contribution < -0.4 is 0 Å². The molecule has 0 aliphatic heterocycles. The van der Waals surface area contributed by atoms with Gasteiger partial charge in [0.05, 0.1) is 28.2 Å². The van der Waals surface area contributed by atoms with Gasteiger partial charge in [0.2, 0.25) is 0 Å². The highest BCUT2D eigenvalue weighted by Gasteiger charge is 2.30. The second-order valence-electron chi connectivity index (χ2n) is 6.02. The summed E-state index contributed by atoms with van der Waals surface area (Å²) in [5, 5.41) is 9.31. The zero-order chi connectivity index (χ0) is 19.0. The van der Waals surface area contributed by atoms with Gasteiger partial charge in [-0.2, -0.15) is 18.4 Å². The molecule has 3 aromatic carbocycles. The smallest absolute Gasteiger partial charge is 0.299 e. The third-order valence-electron chi connectivity index (χ3n) is 4.36. The molecular formula is C21H12F3N3. The quantitative estimate of drug-likeness (QED) is 0.466. The molecule has 0 atom stereocenters. The highest BCUT2D eigenvalue weighted by Crippen LogP contribution is 2.32. The Balaban J connectivity index is 1.82. The monoisotopic (exact) mass is 363 g/mol. The summed E-state index contributed by atoms with van der Waals surface area (Å²) in [5.41, 5.74) is 3.07. The zero-order valence-corrected chi connectivity index (χ0v) is 13.9. The van der Waals surface area contributed by atoms with Gasteiger partial charge in [0, 0.05) is 5.69 Å². The van der Waals surface area contributed by atoms with E-state index in [0.717, 1.165) is 28.9 Å². The minimum atomic E-state index is -4.40. The molecule has 0 radical (unpaired) electrons. The first-order valence-electron chi connectivity index (χ1n) is 8.11. The molecule has 27 heavy (non-hydrogen) atoms. The molecule has 4 aromatic rings. The molecule has 1 heterocycles. The van der Waals surface area contributed by atoms with E-state index in [1.165, 1.54) is 12.4 Å². The normalized spacial score (nSPS) is 11.5. The SMILES string of the molecule is N#Cc1ccccc1-c1cccc(-n2cnc3cc(C(F)(F)F)ccc32)c1. The van der Waals surface area contributed by atoms with E-state index in [2.05, 4.69) is 11.1 Å². The van der Waals surface area contributed by atoms with E-state index in [0.29, 0.717) is 11.1 Å². The molecule has 0 aliphatic carbocycles. The fourth-order valence-electron chi connectivity index (χ4n) is 3.05. The van der Waals surface area contributed by atoms with Crippen LogP contribution >= 0.6 is 0 Å². The highest BCUT2D eigenvalue weighted by molar-refractivity contribution is 5.79. The maximum absolute atomic E-state index is 12.9. The van der Waals surface area contributed by atoms with Crippen LogP contribution in [0.15, 0.2) is 73.1 Å². The molecule has 0 saturated heterocycles. The maximum atomic E-state index is 12.9. The van der Waals surface area contributed by atoms with Crippen molar-refractivity contribution in [2.24, 2.45) is 0 Å². The Morgan fingerprint density at radius 3 is 2.52 bits per heavy atom. The van der Waals surface area contributed by atoms with E-state index in [-0.39, 0.29) is 5.52 Å². The summed E-state index contributed by atoms with van der Waals surface area (Å²) in [7, 11) is 0. The van der Waals surface area contributed by atoms with Gasteiger partial charge in [0.25, 0.3) is 0 Å². The van der Waals surface area contributed by atoms with Crippen molar-refractivity contribution in [1.29, 1.82) is 5.26 Å². The Kier molecular flexibility index (Phi) is 3.93. The number of hydrogen-bond donors (Lipinski definition) is 0. The van der Waals surface area contributed by atoms with Gasteiger partial charge < -0.3 is 0 Å². The molecule has 0 unspecified atom stereocenters. The topological polar surface area (TPSA) is 41.6 Å². The number of halogens is 3. The second-order valence-corrected chi connectivity index (χ2v) is 6.02. The van der Waals surface area contributed by atoms with Crippen molar-refractivity contribution >= 4 is 11.0 Å². The minimum Gasteiger partial charge on any atom is -0.299 e. The van der Waals surface area contributed by atoms with Gasteiger partial charge in [-0.05, 0) is 47.5 Å². The number of imidazole rings is 1. The average molecular weight is 363 g/mol. The van der Waals surface area contributed by atoms with Crippen LogP contribution in [0.25, 0.3) is 27.8 Å². The third kappa shape index (κ3) is 3.04. The van der Waals surface area contributed by atoms with Crippen LogP contribution in [0.3, 0.4) is 0 Å². The molecule has 0 spiro atoms. The van der Waals surface area contributed by atoms with Crippen molar-refractivity contribution in [2.45, 2.75) is 6.18 Å². The van der Waals surface area contributed by atoms with Crippen LogP contribution in [0.4, 0.5) is 13.2 Å². The molecule has 0 aliphatic rings. The number of benzene rings is 3. The van der Waals surface area contributed by atoms with Crippen molar-refractivity contribution in [1.82, 2.24) is 9.55 Å². The molecule has 4 rings (SSSR count). The Morgan fingerprint density at radius 1 is 0.926 bits per heavy atom. The first-order valence-corrected chi connectivity index (χ1v) is 8.11. The molecule has 0 bridgehead atoms. The van der Waals surface area contributed by atoms with E-state index in [1.54, 1.807) is 16.7 Å². The van der Waals surface area contributed by atoms with Crippen LogP contribution in [-0.2, 0) is 6.18 Å². The summed E-state index contributed by atoms with van der Waals surface area (Å²) in [6, 6.07) is 20.4. The lowest BCUT2D eigenvalue weighted by Crippen LogP contribution is -2.04. The van der Waals surface area contributed by atoms with Gasteiger partial charge in [0.15, 0.2) is 0 Å². The van der Waals surface area contributed by atoms with Gasteiger partial charge in [0.1, 0.15) is 6.33 Å². The maximum Gasteiger partial charge on any atom is 0.416 e. The molecule has 0 N–H and O–H groups in total. The number of rotatable bonds is 2. The fraction of sp³-hybridized carbons (Fsp3) is 0.0476. The molecular weight excluding hydrogens is 351 g/mol. The van der Waals surface area contributed by atoms with Gasteiger partial charge in [-0.25, -0.2) is 4.98 Å². The van der Waals surface area contributed by atoms with E-state index in [4.69, 9.17) is 0 Å². The molecule has 3 nitrogen and oxygen atoms in total. The van der Waals surface area contributed by atoms with E-state index in [1.807, 2.05) is 36.4 Å². The third-order valence-corrected chi connectivity index (χ3v) is 4.36. The van der Waals surface area contributed by atoms with Gasteiger partial charge in [-0.3, -0.25) is 4.57 Å². The Hall–Kier alpha value is -3.59. The van der Waals surface area contributed by atoms with Crippen LogP contribution in [0.5, 0.6) is 0 Å². The minimum absolute atomic E-state index is 0.271. The number of hydrogen-bond acceptors (Lipinski definition) is 2. The highest BCUT2D eigenvalue weighted by atomic mass is 19.4. The first-order chi connectivity index (χ1) is 13.0. The fourth-order valence-corrected chi connectivity index (χ4v) is 3.05. The lowest BCUT2D eigenvalue weighted by molar-refractivity contribution is -0.137. The predicted octanol–water partition coefficient (Wildman–Crippen LogP) is 5.58. The predicted molar refractivity (Wildman–Crippen MR) is 96.2 cm³/mol. The van der Waals surface area contributed by atoms with Crippen LogP contribution in [0.2, 0.25) is 0 Å². The first kappa shape index (κ1) is 16.9. The Labute approximate surface area is 152 Å². The number of nitriles is 1. The molecule has 132 valence electrons. The van der Waals surface area contributed by atoms with Crippen LogP contribution in [0.1, 0.15) is 11.1 Å². The van der Waals surface area contributed by atoms with Gasteiger partial charge in [-0.1, -0.05) is 30.3 Å². The van der Waals surface area contributed by atoms with Gasteiger partial charge >= 0.3 is 6.18 Å². The molecule has 0 fully saturated rings. The number of fused-ring (bicyclic) bond motifs is 1. The molecule has 0 amide bonds. The molecule has 1 aromatic heterocycles. The standard InChI is InChI=1S/C21H12F3N3/c22-21(23,24)16-8-9-20-19(11-16)26-13-27(20)17-6-3-5-14(10-17)18-7-2-1-4-15(18)12-25/h1-11,13H. The van der Waals surface area contributed by atoms with Crippen molar-refractivity contribution in [3.05, 3.63) is 84.2 Å². The number of aromatic nitrogens is 2. The molecule has 0 saturated carbocycles. The van der Waals surface area contributed by atoms with Crippen molar-refractivity contribution in [3.8, 4) is 22.9 Å².